The van der Waals surface area contributed by atoms with Crippen LogP contribution in [0, 0.1) is 6.92 Å². The van der Waals surface area contributed by atoms with E-state index in [9.17, 15) is 8.42 Å². The Hall–Kier alpha value is -1.05. The Kier molecular flexibility index (Phi) is 3.15. The molecule has 0 radical (unpaired) electrons. The second kappa shape index (κ2) is 4.32. The highest BCUT2D eigenvalue weighted by molar-refractivity contribution is 7.86. The minimum Gasteiger partial charge on any atom is -0.262 e. The van der Waals surface area contributed by atoms with E-state index in [1.807, 2.05) is 13.0 Å². The highest BCUT2D eigenvalue weighted by atomic mass is 32.2. The predicted octanol–water partition coefficient (Wildman–Crippen LogP) is 2.04. The lowest BCUT2D eigenvalue weighted by Gasteiger charge is -2.10. The van der Waals surface area contributed by atoms with E-state index in [4.69, 9.17) is 4.18 Å². The van der Waals surface area contributed by atoms with Crippen molar-refractivity contribution in [2.75, 3.05) is 6.26 Å². The number of fused-ring (bicyclic) bond motifs is 1. The summed E-state index contributed by atoms with van der Waals surface area (Å²) in [5.41, 5.74) is 1.47. The van der Waals surface area contributed by atoms with E-state index in [0.717, 1.165) is 21.6 Å². The minimum absolute atomic E-state index is 0.552. The van der Waals surface area contributed by atoms with Gasteiger partial charge in [0.15, 0.2) is 0 Å². The number of hydrogen-bond donors (Lipinski definition) is 0. The van der Waals surface area contributed by atoms with Crippen LogP contribution >= 0.6 is 11.3 Å². The molecule has 0 aliphatic carbocycles. The quantitative estimate of drug-likeness (QED) is 0.800. The van der Waals surface area contributed by atoms with Crippen LogP contribution in [-0.4, -0.2) is 24.6 Å². The van der Waals surface area contributed by atoms with Crippen LogP contribution in [0.25, 0.3) is 10.3 Å². The molecule has 0 spiro atoms. The van der Waals surface area contributed by atoms with Crippen molar-refractivity contribution in [1.82, 2.24) is 9.97 Å². The fourth-order valence-electron chi connectivity index (χ4n) is 1.49. The van der Waals surface area contributed by atoms with Crippen LogP contribution in [-0.2, 0) is 14.3 Å². The summed E-state index contributed by atoms with van der Waals surface area (Å²) in [6, 6.07) is 1.81. The van der Waals surface area contributed by atoms with E-state index in [1.165, 1.54) is 11.3 Å². The highest BCUT2D eigenvalue weighted by Crippen LogP contribution is 2.24. The molecule has 0 saturated heterocycles. The molecule has 0 aromatic carbocycles. The molecule has 2 aromatic rings. The van der Waals surface area contributed by atoms with Crippen LogP contribution < -0.4 is 0 Å². The van der Waals surface area contributed by atoms with Gasteiger partial charge < -0.3 is 0 Å². The SMILES string of the molecule is Cc1nc2cc(C(C)OS(C)(=O)=O)cnc2s1. The van der Waals surface area contributed by atoms with Gasteiger partial charge in [-0.3, -0.25) is 4.18 Å². The van der Waals surface area contributed by atoms with Crippen LogP contribution in [0.15, 0.2) is 12.3 Å². The molecule has 1 atom stereocenters. The van der Waals surface area contributed by atoms with Gasteiger partial charge in [-0.15, -0.1) is 0 Å². The topological polar surface area (TPSA) is 69.2 Å². The smallest absolute Gasteiger partial charge is 0.262 e. The molecule has 2 aromatic heterocycles. The Morgan fingerprint density at radius 2 is 2.18 bits per heavy atom. The van der Waals surface area contributed by atoms with E-state index in [1.54, 1.807) is 13.1 Å². The molecule has 2 heterocycles. The van der Waals surface area contributed by atoms with Crippen molar-refractivity contribution in [3.63, 3.8) is 0 Å². The molecule has 0 aliphatic heterocycles. The van der Waals surface area contributed by atoms with Gasteiger partial charge in [0.1, 0.15) is 16.5 Å². The van der Waals surface area contributed by atoms with Crippen LogP contribution in [0.2, 0.25) is 0 Å². The standard InChI is InChI=1S/C10H12N2O3S2/c1-6(15-17(3,13)14)8-4-9-10(11-5-8)16-7(2)12-9/h4-6H,1-3H3. The molecule has 0 aliphatic rings. The lowest BCUT2D eigenvalue weighted by atomic mass is 10.2. The molecule has 2 rings (SSSR count). The van der Waals surface area contributed by atoms with Crippen molar-refractivity contribution in [2.24, 2.45) is 0 Å². The summed E-state index contributed by atoms with van der Waals surface area (Å²) >= 11 is 1.50. The number of aryl methyl sites for hydroxylation is 1. The number of pyridine rings is 1. The average molecular weight is 272 g/mol. The fourth-order valence-corrected chi connectivity index (χ4v) is 2.86. The van der Waals surface area contributed by atoms with E-state index < -0.39 is 16.2 Å². The molecule has 92 valence electrons. The van der Waals surface area contributed by atoms with Gasteiger partial charge >= 0.3 is 0 Å². The lowest BCUT2D eigenvalue weighted by Crippen LogP contribution is -2.07. The third-order valence-electron chi connectivity index (χ3n) is 2.16. The number of thiazole rings is 1. The highest BCUT2D eigenvalue weighted by Gasteiger charge is 2.14. The van der Waals surface area contributed by atoms with Gasteiger partial charge in [0, 0.05) is 11.8 Å². The second-order valence-electron chi connectivity index (χ2n) is 3.77. The van der Waals surface area contributed by atoms with Gasteiger partial charge in [-0.05, 0) is 19.9 Å². The Labute approximate surface area is 104 Å². The van der Waals surface area contributed by atoms with Crippen molar-refractivity contribution in [1.29, 1.82) is 0 Å². The first-order valence-electron chi connectivity index (χ1n) is 4.96. The first-order chi connectivity index (χ1) is 7.85. The Morgan fingerprint density at radius 1 is 1.47 bits per heavy atom. The second-order valence-corrected chi connectivity index (χ2v) is 6.55. The van der Waals surface area contributed by atoms with Crippen LogP contribution in [0.5, 0.6) is 0 Å². The zero-order chi connectivity index (χ0) is 12.6. The summed E-state index contributed by atoms with van der Waals surface area (Å²) < 4.78 is 26.9. The maximum Gasteiger partial charge on any atom is 0.264 e. The van der Waals surface area contributed by atoms with Crippen LogP contribution in [0.1, 0.15) is 23.6 Å². The normalized spacial score (nSPS) is 14.1. The van der Waals surface area contributed by atoms with Crippen LogP contribution in [0.3, 0.4) is 0 Å². The zero-order valence-electron chi connectivity index (χ0n) is 9.67. The van der Waals surface area contributed by atoms with Gasteiger partial charge in [-0.1, -0.05) is 11.3 Å². The fraction of sp³-hybridized carbons (Fsp3) is 0.400. The lowest BCUT2D eigenvalue weighted by molar-refractivity contribution is 0.236. The third-order valence-corrected chi connectivity index (χ3v) is 3.70. The van der Waals surface area contributed by atoms with Gasteiger partial charge in [-0.25, -0.2) is 9.97 Å². The molecule has 0 fully saturated rings. The van der Waals surface area contributed by atoms with Gasteiger partial charge in [0.05, 0.1) is 11.3 Å². The molecule has 0 bridgehead atoms. The number of nitrogens with zero attached hydrogens (tertiary/aromatic N) is 2. The molecule has 0 amide bonds. The van der Waals surface area contributed by atoms with Crippen molar-refractivity contribution in [3.05, 3.63) is 22.8 Å². The third kappa shape index (κ3) is 2.99. The van der Waals surface area contributed by atoms with Crippen molar-refractivity contribution in [2.45, 2.75) is 20.0 Å². The van der Waals surface area contributed by atoms with E-state index >= 15 is 0 Å². The van der Waals surface area contributed by atoms with Gasteiger partial charge in [0.2, 0.25) is 0 Å². The molecule has 7 heteroatoms. The van der Waals surface area contributed by atoms with Crippen LogP contribution in [0.4, 0.5) is 0 Å². The molecule has 0 N–H and O–H groups in total. The monoisotopic (exact) mass is 272 g/mol. The summed E-state index contributed by atoms with van der Waals surface area (Å²) in [6.07, 6.45) is 2.10. The van der Waals surface area contributed by atoms with Gasteiger partial charge in [0.25, 0.3) is 10.1 Å². The summed E-state index contributed by atoms with van der Waals surface area (Å²) in [5.74, 6) is 0. The summed E-state index contributed by atoms with van der Waals surface area (Å²) in [6.45, 7) is 3.57. The number of hydrogen-bond acceptors (Lipinski definition) is 6. The molecular weight excluding hydrogens is 260 g/mol. The summed E-state index contributed by atoms with van der Waals surface area (Å²) in [5, 5.41) is 0.932. The Balaban J connectivity index is 2.35. The van der Waals surface area contributed by atoms with Gasteiger partial charge in [-0.2, -0.15) is 8.42 Å². The zero-order valence-corrected chi connectivity index (χ0v) is 11.3. The first-order valence-corrected chi connectivity index (χ1v) is 7.60. The maximum atomic E-state index is 11.0. The summed E-state index contributed by atoms with van der Waals surface area (Å²) in [4.78, 5) is 9.38. The Bertz CT molecular complexity index is 649. The molecular formula is C10H12N2O3S2. The maximum absolute atomic E-state index is 11.0. The largest absolute Gasteiger partial charge is 0.264 e. The average Bonchev–Trinajstić information content (AvgIpc) is 2.53. The van der Waals surface area contributed by atoms with E-state index in [0.29, 0.717) is 5.56 Å². The first kappa shape index (κ1) is 12.4. The number of rotatable bonds is 3. The summed E-state index contributed by atoms with van der Waals surface area (Å²) in [7, 11) is -3.47. The molecule has 5 nitrogen and oxygen atoms in total. The van der Waals surface area contributed by atoms with E-state index in [2.05, 4.69) is 9.97 Å². The number of aromatic nitrogens is 2. The van der Waals surface area contributed by atoms with Crippen molar-refractivity contribution >= 4 is 31.8 Å². The van der Waals surface area contributed by atoms with Crippen molar-refractivity contribution in [3.8, 4) is 0 Å². The molecule has 1 unspecified atom stereocenters. The van der Waals surface area contributed by atoms with Crippen molar-refractivity contribution < 1.29 is 12.6 Å². The van der Waals surface area contributed by atoms with E-state index in [-0.39, 0.29) is 0 Å². The predicted molar refractivity (Wildman–Crippen MR) is 66.5 cm³/mol. The molecule has 17 heavy (non-hydrogen) atoms. The minimum atomic E-state index is -3.47. The Morgan fingerprint density at radius 3 is 2.82 bits per heavy atom. The molecule has 0 saturated carbocycles.